The number of carbonyl (C=O) groups is 1. The van der Waals surface area contributed by atoms with E-state index in [2.05, 4.69) is 15.0 Å². The molecule has 1 amide bonds. The van der Waals surface area contributed by atoms with E-state index in [1.807, 2.05) is 13.0 Å². The van der Waals surface area contributed by atoms with Crippen LogP contribution < -0.4 is 0 Å². The number of aromatic nitrogens is 1. The second-order valence-corrected chi connectivity index (χ2v) is 5.65. The second-order valence-electron chi connectivity index (χ2n) is 5.65. The van der Waals surface area contributed by atoms with Gasteiger partial charge in [0.25, 0.3) is 0 Å². The number of hydrogen-bond acceptors (Lipinski definition) is 6. The van der Waals surface area contributed by atoms with Crippen LogP contribution in [0.25, 0.3) is 0 Å². The smallest absolute Gasteiger partial charge is 0.409 e. The topological polar surface area (TPSA) is 62.1 Å². The third-order valence-electron chi connectivity index (χ3n) is 4.06. The van der Waals surface area contributed by atoms with E-state index >= 15 is 0 Å². The minimum Gasteiger partial charge on any atom is -0.448 e. The van der Waals surface area contributed by atoms with Crippen molar-refractivity contribution in [1.82, 2.24) is 19.9 Å². The molecule has 0 radical (unpaired) electrons. The molecule has 0 saturated carbocycles. The van der Waals surface area contributed by atoms with Gasteiger partial charge in [-0.3, -0.25) is 9.80 Å². The Morgan fingerprint density at radius 3 is 2.52 bits per heavy atom. The predicted molar refractivity (Wildman–Crippen MR) is 75.9 cm³/mol. The third-order valence-corrected chi connectivity index (χ3v) is 4.06. The maximum Gasteiger partial charge on any atom is 0.409 e. The highest BCUT2D eigenvalue weighted by Crippen LogP contribution is 2.09. The van der Waals surface area contributed by atoms with Gasteiger partial charge in [0.1, 0.15) is 12.4 Å². The van der Waals surface area contributed by atoms with Gasteiger partial charge in [-0.2, -0.15) is 0 Å². The van der Waals surface area contributed by atoms with Gasteiger partial charge in [0.15, 0.2) is 0 Å². The Morgan fingerprint density at radius 2 is 1.90 bits per heavy atom. The Hall–Kier alpha value is -1.60. The molecule has 21 heavy (non-hydrogen) atoms. The highest BCUT2D eigenvalue weighted by atomic mass is 16.6. The average molecular weight is 294 g/mol. The lowest BCUT2D eigenvalue weighted by atomic mass is 10.2. The van der Waals surface area contributed by atoms with Crippen LogP contribution in [0.4, 0.5) is 4.79 Å². The third kappa shape index (κ3) is 3.74. The Labute approximate surface area is 124 Å². The number of hydrogen-bond donors (Lipinski definition) is 0. The molecule has 3 rings (SSSR count). The normalized spacial score (nSPS) is 21.0. The molecule has 7 nitrogen and oxygen atoms in total. The summed E-state index contributed by atoms with van der Waals surface area (Å²) in [6, 6.07) is 1.99. The standard InChI is InChI=1S/C14H22N4O3/c1-12-10-13(15-21-12)11-17-4-2-16(3-5-17)6-7-18-8-9-20-14(18)19/h10H,2-9,11H2,1H3. The van der Waals surface area contributed by atoms with E-state index in [0.29, 0.717) is 6.61 Å². The van der Waals surface area contributed by atoms with Crippen molar-refractivity contribution < 1.29 is 14.1 Å². The summed E-state index contributed by atoms with van der Waals surface area (Å²) in [5, 5.41) is 4.04. The molecule has 7 heteroatoms. The van der Waals surface area contributed by atoms with Gasteiger partial charge in [-0.25, -0.2) is 4.79 Å². The van der Waals surface area contributed by atoms with Gasteiger partial charge in [-0.15, -0.1) is 0 Å². The number of amides is 1. The van der Waals surface area contributed by atoms with Crippen LogP contribution in [0.1, 0.15) is 11.5 Å². The fourth-order valence-electron chi connectivity index (χ4n) is 2.78. The maximum absolute atomic E-state index is 11.4. The largest absolute Gasteiger partial charge is 0.448 e. The van der Waals surface area contributed by atoms with E-state index in [0.717, 1.165) is 63.8 Å². The summed E-state index contributed by atoms with van der Waals surface area (Å²) in [5.41, 5.74) is 1.00. The van der Waals surface area contributed by atoms with Crippen LogP contribution in [0.2, 0.25) is 0 Å². The Morgan fingerprint density at radius 1 is 1.14 bits per heavy atom. The number of carbonyl (C=O) groups excluding carboxylic acids is 1. The molecular formula is C14H22N4O3. The molecule has 2 aliphatic rings. The highest BCUT2D eigenvalue weighted by Gasteiger charge is 2.23. The lowest BCUT2D eigenvalue weighted by Crippen LogP contribution is -2.48. The average Bonchev–Trinajstić information content (AvgIpc) is 3.07. The molecule has 0 atom stereocenters. The first-order valence-electron chi connectivity index (χ1n) is 7.49. The molecule has 0 N–H and O–H groups in total. The van der Waals surface area contributed by atoms with Gasteiger partial charge in [-0.1, -0.05) is 5.16 Å². The summed E-state index contributed by atoms with van der Waals surface area (Å²) < 4.78 is 10.0. The molecule has 116 valence electrons. The fraction of sp³-hybridized carbons (Fsp3) is 0.714. The number of ether oxygens (including phenoxy) is 1. The molecule has 0 aliphatic carbocycles. The quantitative estimate of drug-likeness (QED) is 0.790. The van der Waals surface area contributed by atoms with Crippen molar-refractivity contribution in [2.45, 2.75) is 13.5 Å². The van der Waals surface area contributed by atoms with Crippen LogP contribution in [0, 0.1) is 6.92 Å². The number of rotatable bonds is 5. The van der Waals surface area contributed by atoms with Crippen LogP contribution in [-0.2, 0) is 11.3 Å². The molecule has 3 heterocycles. The van der Waals surface area contributed by atoms with E-state index in [1.165, 1.54) is 0 Å². The Bertz CT molecular complexity index is 482. The van der Waals surface area contributed by atoms with E-state index in [4.69, 9.17) is 9.26 Å². The van der Waals surface area contributed by atoms with Crippen LogP contribution in [0.5, 0.6) is 0 Å². The predicted octanol–water partition coefficient (Wildman–Crippen LogP) is 0.553. The molecule has 1 aromatic rings. The molecular weight excluding hydrogens is 272 g/mol. The summed E-state index contributed by atoms with van der Waals surface area (Å²) in [6.45, 7) is 9.81. The van der Waals surface area contributed by atoms with Gasteiger partial charge in [0.2, 0.25) is 0 Å². The molecule has 2 saturated heterocycles. The molecule has 2 fully saturated rings. The van der Waals surface area contributed by atoms with Gasteiger partial charge in [-0.05, 0) is 6.92 Å². The lowest BCUT2D eigenvalue weighted by Gasteiger charge is -2.34. The van der Waals surface area contributed by atoms with Crippen LogP contribution >= 0.6 is 0 Å². The Kier molecular flexibility index (Phi) is 4.40. The van der Waals surface area contributed by atoms with Crippen molar-refractivity contribution in [3.05, 3.63) is 17.5 Å². The zero-order valence-electron chi connectivity index (χ0n) is 12.5. The van der Waals surface area contributed by atoms with Gasteiger partial charge in [0, 0.05) is 51.9 Å². The summed E-state index contributed by atoms with van der Waals surface area (Å²) in [6.07, 6.45) is -0.171. The molecule has 0 bridgehead atoms. The van der Waals surface area contributed by atoms with Gasteiger partial charge >= 0.3 is 6.09 Å². The molecule has 0 aromatic carbocycles. The summed E-state index contributed by atoms with van der Waals surface area (Å²) >= 11 is 0. The zero-order valence-corrected chi connectivity index (χ0v) is 12.5. The van der Waals surface area contributed by atoms with Crippen molar-refractivity contribution in [1.29, 1.82) is 0 Å². The first-order valence-corrected chi connectivity index (χ1v) is 7.49. The van der Waals surface area contributed by atoms with Crippen molar-refractivity contribution in [2.24, 2.45) is 0 Å². The number of aryl methyl sites for hydroxylation is 1. The molecule has 1 aromatic heterocycles. The van der Waals surface area contributed by atoms with E-state index < -0.39 is 0 Å². The lowest BCUT2D eigenvalue weighted by molar-refractivity contribution is 0.114. The monoisotopic (exact) mass is 294 g/mol. The van der Waals surface area contributed by atoms with Crippen LogP contribution in [0.3, 0.4) is 0 Å². The second kappa shape index (κ2) is 6.44. The van der Waals surface area contributed by atoms with Crippen molar-refractivity contribution in [3.8, 4) is 0 Å². The highest BCUT2D eigenvalue weighted by molar-refractivity contribution is 5.69. The number of nitrogens with zero attached hydrogens (tertiary/aromatic N) is 4. The van der Waals surface area contributed by atoms with E-state index in [-0.39, 0.29) is 6.09 Å². The van der Waals surface area contributed by atoms with Gasteiger partial charge < -0.3 is 14.2 Å². The van der Waals surface area contributed by atoms with Gasteiger partial charge in [0.05, 0.1) is 12.2 Å². The first kappa shape index (κ1) is 14.3. The number of piperazine rings is 1. The minimum absolute atomic E-state index is 0.171. The van der Waals surface area contributed by atoms with Crippen molar-refractivity contribution >= 4 is 6.09 Å². The summed E-state index contributed by atoms with van der Waals surface area (Å²) in [7, 11) is 0. The molecule has 0 spiro atoms. The summed E-state index contributed by atoms with van der Waals surface area (Å²) in [4.78, 5) is 17.9. The van der Waals surface area contributed by atoms with Crippen LogP contribution in [0.15, 0.2) is 10.6 Å². The zero-order chi connectivity index (χ0) is 14.7. The van der Waals surface area contributed by atoms with E-state index in [1.54, 1.807) is 4.90 Å². The SMILES string of the molecule is Cc1cc(CN2CCN(CCN3CCOC3=O)CC2)no1. The molecule has 0 unspecified atom stereocenters. The fourth-order valence-corrected chi connectivity index (χ4v) is 2.78. The first-order chi connectivity index (χ1) is 10.2. The number of cyclic esters (lactones) is 1. The summed E-state index contributed by atoms with van der Waals surface area (Å²) in [5.74, 6) is 0.862. The molecule has 2 aliphatic heterocycles. The minimum atomic E-state index is -0.171. The van der Waals surface area contributed by atoms with Crippen LogP contribution in [-0.4, -0.2) is 78.4 Å². The maximum atomic E-state index is 11.4. The Balaban J connectivity index is 1.37. The van der Waals surface area contributed by atoms with Crippen molar-refractivity contribution in [3.63, 3.8) is 0 Å². The van der Waals surface area contributed by atoms with E-state index in [9.17, 15) is 4.79 Å². The van der Waals surface area contributed by atoms with Crippen molar-refractivity contribution in [2.75, 3.05) is 52.4 Å².